The van der Waals surface area contributed by atoms with Crippen LogP contribution in [0.5, 0.6) is 0 Å². The van der Waals surface area contributed by atoms with E-state index in [9.17, 15) is 9.59 Å². The minimum Gasteiger partial charge on any atom is -0.370 e. The molecule has 0 saturated carbocycles. The highest BCUT2D eigenvalue weighted by atomic mass is 32.1. The molecule has 0 saturated heterocycles. The Balaban J connectivity index is 2.20. The van der Waals surface area contributed by atoms with E-state index < -0.39 is 5.91 Å². The van der Waals surface area contributed by atoms with Crippen LogP contribution >= 0.6 is 11.3 Å². The van der Waals surface area contributed by atoms with Crippen molar-refractivity contribution in [3.63, 3.8) is 0 Å². The Labute approximate surface area is 139 Å². The first kappa shape index (κ1) is 16.2. The van der Waals surface area contributed by atoms with Crippen LogP contribution in [-0.2, 0) is 24.2 Å². The van der Waals surface area contributed by atoms with Crippen molar-refractivity contribution in [1.82, 2.24) is 9.55 Å². The van der Waals surface area contributed by atoms with Gasteiger partial charge >= 0.3 is 0 Å². The Kier molecular flexibility index (Phi) is 4.27. The quantitative estimate of drug-likeness (QED) is 0.934. The molecule has 124 valence electrons. The number of nitrogens with two attached hydrogens (primary N) is 1. The van der Waals surface area contributed by atoms with Crippen LogP contribution in [0.2, 0.25) is 0 Å². The average Bonchev–Trinajstić information content (AvgIpc) is 2.83. The molecule has 0 radical (unpaired) electrons. The highest BCUT2D eigenvalue weighted by Crippen LogP contribution is 2.36. The Morgan fingerprint density at radius 3 is 2.87 bits per heavy atom. The number of aromatic nitrogens is 2. The van der Waals surface area contributed by atoms with Crippen LogP contribution in [0.4, 0.5) is 0 Å². The van der Waals surface area contributed by atoms with E-state index in [0.717, 1.165) is 35.3 Å². The molecule has 1 unspecified atom stereocenters. The molecule has 2 heterocycles. The summed E-state index contributed by atoms with van der Waals surface area (Å²) in [5.74, 6) is 1.14. The van der Waals surface area contributed by atoms with Crippen molar-refractivity contribution >= 4 is 27.5 Å². The SMILES string of the molecule is CC1CCc2c(sc3nc(C(C)C)n(CCC(N)=O)c(=O)c23)C1. The van der Waals surface area contributed by atoms with Gasteiger partial charge in [0.15, 0.2) is 0 Å². The lowest BCUT2D eigenvalue weighted by molar-refractivity contribution is -0.118. The molecule has 3 rings (SSSR count). The summed E-state index contributed by atoms with van der Waals surface area (Å²) in [4.78, 5) is 31.1. The highest BCUT2D eigenvalue weighted by Gasteiger charge is 2.25. The summed E-state index contributed by atoms with van der Waals surface area (Å²) in [6.45, 7) is 6.60. The number of aryl methyl sites for hydroxylation is 1. The van der Waals surface area contributed by atoms with Crippen molar-refractivity contribution in [2.45, 2.75) is 58.9 Å². The lowest BCUT2D eigenvalue weighted by Crippen LogP contribution is -2.28. The van der Waals surface area contributed by atoms with Crippen molar-refractivity contribution in [1.29, 1.82) is 0 Å². The Hall–Kier alpha value is -1.69. The third-order valence-electron chi connectivity index (χ3n) is 4.54. The summed E-state index contributed by atoms with van der Waals surface area (Å²) < 4.78 is 1.66. The second-order valence-electron chi connectivity index (χ2n) is 6.83. The molecule has 1 aliphatic carbocycles. The highest BCUT2D eigenvalue weighted by molar-refractivity contribution is 7.18. The standard InChI is InChI=1S/C17H23N3O2S/c1-9(2)15-19-16-14(17(22)20(15)7-6-13(18)21)11-5-4-10(3)8-12(11)23-16/h9-10H,4-8H2,1-3H3,(H2,18,21). The lowest BCUT2D eigenvalue weighted by atomic mass is 9.89. The van der Waals surface area contributed by atoms with Gasteiger partial charge in [0.2, 0.25) is 5.91 Å². The lowest BCUT2D eigenvalue weighted by Gasteiger charge is -2.18. The van der Waals surface area contributed by atoms with Gasteiger partial charge in [0.05, 0.1) is 5.39 Å². The molecule has 2 aromatic rings. The summed E-state index contributed by atoms with van der Waals surface area (Å²) in [6.07, 6.45) is 3.26. The minimum absolute atomic E-state index is 0.00740. The van der Waals surface area contributed by atoms with E-state index in [1.165, 1.54) is 10.4 Å². The minimum atomic E-state index is -0.395. The topological polar surface area (TPSA) is 78.0 Å². The predicted octanol–water partition coefficient (Wildman–Crippen LogP) is 2.58. The molecule has 0 fully saturated rings. The average molecular weight is 333 g/mol. The first-order valence-electron chi connectivity index (χ1n) is 8.21. The summed E-state index contributed by atoms with van der Waals surface area (Å²) >= 11 is 1.67. The molecule has 0 aromatic carbocycles. The van der Waals surface area contributed by atoms with Gasteiger partial charge in [0, 0.05) is 23.8 Å². The normalized spacial score (nSPS) is 17.7. The fourth-order valence-corrected chi connectivity index (χ4v) is 4.70. The third-order valence-corrected chi connectivity index (χ3v) is 5.69. The van der Waals surface area contributed by atoms with Crippen molar-refractivity contribution in [3.8, 4) is 0 Å². The number of hydrogen-bond donors (Lipinski definition) is 1. The number of amides is 1. The molecule has 1 amide bonds. The predicted molar refractivity (Wildman–Crippen MR) is 93.0 cm³/mol. The van der Waals surface area contributed by atoms with Crippen molar-refractivity contribution in [2.24, 2.45) is 11.7 Å². The fraction of sp³-hybridized carbons (Fsp3) is 0.588. The van der Waals surface area contributed by atoms with Gasteiger partial charge in [0.1, 0.15) is 10.7 Å². The van der Waals surface area contributed by atoms with Gasteiger partial charge in [-0.25, -0.2) is 4.98 Å². The molecule has 5 nitrogen and oxygen atoms in total. The number of carbonyl (C=O) groups is 1. The number of primary amides is 1. The zero-order chi connectivity index (χ0) is 16.7. The van der Waals surface area contributed by atoms with Gasteiger partial charge in [0.25, 0.3) is 5.56 Å². The van der Waals surface area contributed by atoms with Crippen LogP contribution < -0.4 is 11.3 Å². The maximum absolute atomic E-state index is 13.1. The van der Waals surface area contributed by atoms with E-state index in [-0.39, 0.29) is 17.9 Å². The van der Waals surface area contributed by atoms with Crippen LogP contribution in [0, 0.1) is 5.92 Å². The summed E-state index contributed by atoms with van der Waals surface area (Å²) in [5.41, 5.74) is 6.44. The molecular formula is C17H23N3O2S. The molecule has 2 aromatic heterocycles. The molecule has 0 spiro atoms. The molecule has 6 heteroatoms. The van der Waals surface area contributed by atoms with Crippen molar-refractivity contribution < 1.29 is 4.79 Å². The van der Waals surface area contributed by atoms with E-state index >= 15 is 0 Å². The van der Waals surface area contributed by atoms with E-state index in [4.69, 9.17) is 10.7 Å². The second-order valence-corrected chi connectivity index (χ2v) is 7.91. The van der Waals surface area contributed by atoms with Gasteiger partial charge < -0.3 is 5.73 Å². The molecule has 23 heavy (non-hydrogen) atoms. The van der Waals surface area contributed by atoms with E-state index in [1.54, 1.807) is 15.9 Å². The van der Waals surface area contributed by atoms with E-state index in [2.05, 4.69) is 6.92 Å². The first-order chi connectivity index (χ1) is 10.9. The molecule has 1 aliphatic rings. The summed E-state index contributed by atoms with van der Waals surface area (Å²) in [5, 5.41) is 0.769. The van der Waals surface area contributed by atoms with Gasteiger partial charge in [-0.05, 0) is 30.7 Å². The second kappa shape index (κ2) is 6.07. The monoisotopic (exact) mass is 333 g/mol. The van der Waals surface area contributed by atoms with Crippen LogP contribution in [0.15, 0.2) is 4.79 Å². The molecule has 0 aliphatic heterocycles. The molecular weight excluding hydrogens is 310 g/mol. The van der Waals surface area contributed by atoms with Crippen LogP contribution in [-0.4, -0.2) is 15.5 Å². The fourth-order valence-electron chi connectivity index (χ4n) is 3.32. The molecule has 2 N–H and O–H groups in total. The smallest absolute Gasteiger partial charge is 0.262 e. The van der Waals surface area contributed by atoms with E-state index in [0.29, 0.717) is 12.5 Å². The molecule has 0 bridgehead atoms. The van der Waals surface area contributed by atoms with Gasteiger partial charge in [-0.3, -0.25) is 14.2 Å². The first-order valence-corrected chi connectivity index (χ1v) is 9.03. The molecule has 1 atom stereocenters. The Morgan fingerprint density at radius 1 is 1.48 bits per heavy atom. The number of thiophene rings is 1. The maximum Gasteiger partial charge on any atom is 0.262 e. The zero-order valence-corrected chi connectivity index (χ0v) is 14.7. The Morgan fingerprint density at radius 2 is 2.22 bits per heavy atom. The Bertz CT molecular complexity index is 819. The third kappa shape index (κ3) is 2.92. The zero-order valence-electron chi connectivity index (χ0n) is 13.9. The maximum atomic E-state index is 13.1. The number of carbonyl (C=O) groups excluding carboxylic acids is 1. The van der Waals surface area contributed by atoms with E-state index in [1.807, 2.05) is 13.8 Å². The summed E-state index contributed by atoms with van der Waals surface area (Å²) in [6, 6.07) is 0. The van der Waals surface area contributed by atoms with Crippen LogP contribution in [0.25, 0.3) is 10.2 Å². The number of rotatable bonds is 4. The van der Waals surface area contributed by atoms with Crippen molar-refractivity contribution in [2.75, 3.05) is 0 Å². The number of hydrogen-bond acceptors (Lipinski definition) is 4. The number of fused-ring (bicyclic) bond motifs is 3. The summed E-state index contributed by atoms with van der Waals surface area (Å²) in [7, 11) is 0. The largest absolute Gasteiger partial charge is 0.370 e. The van der Waals surface area contributed by atoms with Crippen molar-refractivity contribution in [3.05, 3.63) is 26.6 Å². The number of nitrogens with zero attached hydrogens (tertiary/aromatic N) is 2. The van der Waals surface area contributed by atoms with Crippen LogP contribution in [0.3, 0.4) is 0 Å². The van der Waals surface area contributed by atoms with Crippen LogP contribution in [0.1, 0.15) is 55.8 Å². The van der Waals surface area contributed by atoms with Gasteiger partial charge in [-0.1, -0.05) is 20.8 Å². The van der Waals surface area contributed by atoms with Gasteiger partial charge in [-0.15, -0.1) is 11.3 Å². The van der Waals surface area contributed by atoms with Gasteiger partial charge in [-0.2, -0.15) is 0 Å².